The van der Waals surface area contributed by atoms with E-state index in [-0.39, 0.29) is 11.7 Å². The van der Waals surface area contributed by atoms with E-state index in [9.17, 15) is 4.79 Å². The molecule has 0 bridgehead atoms. The van der Waals surface area contributed by atoms with Crippen molar-refractivity contribution in [1.82, 2.24) is 20.2 Å². The zero-order chi connectivity index (χ0) is 19.2. The average Bonchev–Trinajstić information content (AvgIpc) is 3.16. The van der Waals surface area contributed by atoms with Crippen molar-refractivity contribution in [3.05, 3.63) is 53.6 Å². The fourth-order valence-corrected chi connectivity index (χ4v) is 3.35. The van der Waals surface area contributed by atoms with Crippen molar-refractivity contribution in [2.45, 2.75) is 25.4 Å². The summed E-state index contributed by atoms with van der Waals surface area (Å²) in [6, 6.07) is 13.4. The predicted octanol–water partition coefficient (Wildman–Crippen LogP) is 3.27. The summed E-state index contributed by atoms with van der Waals surface area (Å²) in [5, 5.41) is 15.3. The zero-order valence-corrected chi connectivity index (χ0v) is 16.3. The van der Waals surface area contributed by atoms with Crippen LogP contribution in [0, 0.1) is 6.92 Å². The summed E-state index contributed by atoms with van der Waals surface area (Å²) in [5.41, 5.74) is 3.86. The van der Waals surface area contributed by atoms with Crippen LogP contribution in [0.5, 0.6) is 5.75 Å². The number of carbonyl (C=O) groups is 1. The summed E-state index contributed by atoms with van der Waals surface area (Å²) in [4.78, 5) is 12.4. The van der Waals surface area contributed by atoms with Crippen molar-refractivity contribution < 1.29 is 9.53 Å². The van der Waals surface area contributed by atoms with Gasteiger partial charge in [0.05, 0.1) is 18.6 Å². The summed E-state index contributed by atoms with van der Waals surface area (Å²) < 4.78 is 6.76. The Morgan fingerprint density at radius 2 is 2.00 bits per heavy atom. The third-order valence-electron chi connectivity index (χ3n) is 4.09. The molecule has 0 aliphatic rings. The van der Waals surface area contributed by atoms with Gasteiger partial charge in [0.25, 0.3) is 0 Å². The van der Waals surface area contributed by atoms with Crippen LogP contribution >= 0.6 is 11.8 Å². The van der Waals surface area contributed by atoms with Gasteiger partial charge in [-0.1, -0.05) is 36.9 Å². The largest absolute Gasteiger partial charge is 0.497 e. The molecule has 1 heterocycles. The van der Waals surface area contributed by atoms with E-state index in [0.717, 1.165) is 34.7 Å². The Morgan fingerprint density at radius 1 is 1.22 bits per heavy atom. The predicted molar refractivity (Wildman–Crippen MR) is 106 cm³/mol. The van der Waals surface area contributed by atoms with Gasteiger partial charge >= 0.3 is 0 Å². The van der Waals surface area contributed by atoms with Crippen LogP contribution in [0.25, 0.3) is 5.69 Å². The average molecular weight is 383 g/mol. The van der Waals surface area contributed by atoms with Crippen LogP contribution in [0.15, 0.2) is 47.6 Å². The molecule has 0 saturated carbocycles. The molecule has 0 unspecified atom stereocenters. The lowest BCUT2D eigenvalue weighted by atomic mass is 10.1. The van der Waals surface area contributed by atoms with Crippen molar-refractivity contribution in [1.29, 1.82) is 0 Å². The molecule has 3 rings (SSSR count). The lowest BCUT2D eigenvalue weighted by Crippen LogP contribution is -2.16. The summed E-state index contributed by atoms with van der Waals surface area (Å²) >= 11 is 1.29. The number of aromatic nitrogens is 4. The highest BCUT2D eigenvalue weighted by molar-refractivity contribution is 7.99. The number of ether oxygens (including phenoxy) is 1. The number of methoxy groups -OCH3 is 1. The molecule has 0 spiro atoms. The summed E-state index contributed by atoms with van der Waals surface area (Å²) in [6.07, 6.45) is 0.861. The third-order valence-corrected chi connectivity index (χ3v) is 5.01. The quantitative estimate of drug-likeness (QED) is 0.631. The lowest BCUT2D eigenvalue weighted by molar-refractivity contribution is -0.113. The van der Waals surface area contributed by atoms with Crippen molar-refractivity contribution in [2.24, 2.45) is 0 Å². The molecular weight excluding hydrogens is 362 g/mol. The second-order valence-corrected chi connectivity index (χ2v) is 6.81. The van der Waals surface area contributed by atoms with Crippen molar-refractivity contribution in [2.75, 3.05) is 18.2 Å². The molecule has 0 radical (unpaired) electrons. The standard InChI is InChI=1S/C19H21N5O2S/c1-4-14-7-5-6-13(2)18(14)20-17(25)12-27-19-21-22-23-24(19)15-8-10-16(26-3)11-9-15/h5-11H,4,12H2,1-3H3,(H,20,25). The van der Waals surface area contributed by atoms with Crippen molar-refractivity contribution in [3.8, 4) is 11.4 Å². The molecular formula is C19H21N5O2S. The molecule has 0 fully saturated rings. The first kappa shape index (κ1) is 18.9. The van der Waals surface area contributed by atoms with E-state index >= 15 is 0 Å². The number of anilines is 1. The topological polar surface area (TPSA) is 81.9 Å². The lowest BCUT2D eigenvalue weighted by Gasteiger charge is -2.12. The number of nitrogens with one attached hydrogen (secondary N) is 1. The first-order chi connectivity index (χ1) is 13.1. The summed E-state index contributed by atoms with van der Waals surface area (Å²) in [5.74, 6) is 0.882. The summed E-state index contributed by atoms with van der Waals surface area (Å²) in [6.45, 7) is 4.06. The van der Waals surface area contributed by atoms with Gasteiger partial charge in [0.1, 0.15) is 5.75 Å². The highest BCUT2D eigenvalue weighted by Gasteiger charge is 2.13. The molecule has 1 amide bonds. The van der Waals surface area contributed by atoms with Gasteiger partial charge in [-0.05, 0) is 59.2 Å². The Morgan fingerprint density at radius 3 is 2.70 bits per heavy atom. The highest BCUT2D eigenvalue weighted by Crippen LogP contribution is 2.23. The fraction of sp³-hybridized carbons (Fsp3) is 0.263. The van der Waals surface area contributed by atoms with Crippen LogP contribution in [0.2, 0.25) is 0 Å². The number of rotatable bonds is 7. The van der Waals surface area contributed by atoms with Gasteiger partial charge in [-0.2, -0.15) is 4.68 Å². The minimum absolute atomic E-state index is 0.0896. The van der Waals surface area contributed by atoms with Crippen molar-refractivity contribution in [3.63, 3.8) is 0 Å². The molecule has 0 saturated heterocycles. The number of aryl methyl sites for hydroxylation is 2. The first-order valence-electron chi connectivity index (χ1n) is 8.56. The van der Waals surface area contributed by atoms with Gasteiger partial charge in [-0.3, -0.25) is 4.79 Å². The van der Waals surface area contributed by atoms with Crippen LogP contribution in [0.3, 0.4) is 0 Å². The van der Waals surface area contributed by atoms with E-state index < -0.39 is 0 Å². The molecule has 1 N–H and O–H groups in total. The molecule has 1 aromatic heterocycles. The van der Waals surface area contributed by atoms with Gasteiger partial charge < -0.3 is 10.1 Å². The summed E-state index contributed by atoms with van der Waals surface area (Å²) in [7, 11) is 1.62. The van der Waals surface area contributed by atoms with E-state index in [1.54, 1.807) is 11.8 Å². The van der Waals surface area contributed by atoms with Gasteiger partial charge in [0.2, 0.25) is 11.1 Å². The van der Waals surface area contributed by atoms with E-state index in [4.69, 9.17) is 4.74 Å². The number of hydrogen-bond donors (Lipinski definition) is 1. The SMILES string of the molecule is CCc1cccc(C)c1NC(=O)CSc1nnnn1-c1ccc(OC)cc1. The number of nitrogens with zero attached hydrogens (tertiary/aromatic N) is 4. The molecule has 140 valence electrons. The van der Waals surface area contributed by atoms with E-state index in [2.05, 4.69) is 27.8 Å². The minimum Gasteiger partial charge on any atom is -0.497 e. The first-order valence-corrected chi connectivity index (χ1v) is 9.55. The smallest absolute Gasteiger partial charge is 0.234 e. The van der Waals surface area contributed by atoms with Crippen LogP contribution in [0.4, 0.5) is 5.69 Å². The maximum absolute atomic E-state index is 12.4. The number of carbonyl (C=O) groups excluding carboxylic acids is 1. The van der Waals surface area contributed by atoms with Gasteiger partial charge in [0.15, 0.2) is 0 Å². The Bertz CT molecular complexity index is 924. The van der Waals surface area contributed by atoms with E-state index in [1.807, 2.05) is 49.4 Å². The fourth-order valence-electron chi connectivity index (χ4n) is 2.66. The number of tetrazole rings is 1. The Hall–Kier alpha value is -2.87. The third kappa shape index (κ3) is 4.46. The second-order valence-electron chi connectivity index (χ2n) is 5.87. The minimum atomic E-state index is -0.0896. The maximum Gasteiger partial charge on any atom is 0.234 e. The van der Waals surface area contributed by atoms with Crippen LogP contribution in [-0.2, 0) is 11.2 Å². The van der Waals surface area contributed by atoms with Crippen LogP contribution in [-0.4, -0.2) is 39.0 Å². The molecule has 0 atom stereocenters. The number of amides is 1. The van der Waals surface area contributed by atoms with Gasteiger partial charge in [-0.15, -0.1) is 5.10 Å². The number of para-hydroxylation sites is 1. The number of hydrogen-bond acceptors (Lipinski definition) is 6. The highest BCUT2D eigenvalue weighted by atomic mass is 32.2. The molecule has 7 nitrogen and oxygen atoms in total. The zero-order valence-electron chi connectivity index (χ0n) is 15.5. The monoisotopic (exact) mass is 383 g/mol. The molecule has 0 aliphatic carbocycles. The molecule has 2 aromatic carbocycles. The van der Waals surface area contributed by atoms with Crippen molar-refractivity contribution >= 4 is 23.4 Å². The Kier molecular flexibility index (Phi) is 6.08. The van der Waals surface area contributed by atoms with Gasteiger partial charge in [0, 0.05) is 5.69 Å². The Labute approximate surface area is 162 Å². The normalized spacial score (nSPS) is 10.6. The maximum atomic E-state index is 12.4. The second kappa shape index (κ2) is 8.68. The molecule has 27 heavy (non-hydrogen) atoms. The number of benzene rings is 2. The number of thioether (sulfide) groups is 1. The van der Waals surface area contributed by atoms with Gasteiger partial charge in [-0.25, -0.2) is 0 Å². The molecule has 8 heteroatoms. The molecule has 3 aromatic rings. The van der Waals surface area contributed by atoms with Crippen LogP contribution < -0.4 is 10.1 Å². The Balaban J connectivity index is 1.67. The van der Waals surface area contributed by atoms with Crippen LogP contribution in [0.1, 0.15) is 18.1 Å². The van der Waals surface area contributed by atoms with E-state index in [1.165, 1.54) is 11.8 Å². The molecule has 0 aliphatic heterocycles. The van der Waals surface area contributed by atoms with E-state index in [0.29, 0.717) is 5.16 Å².